The second-order valence-corrected chi connectivity index (χ2v) is 17.1. The van der Waals surface area contributed by atoms with E-state index in [0.29, 0.717) is 24.1 Å². The monoisotopic (exact) mass is 807 g/mol. The molecule has 0 spiro atoms. The van der Waals surface area contributed by atoms with Gasteiger partial charge in [-0.2, -0.15) is 0 Å². The quantitative estimate of drug-likeness (QED) is 0.0217. The van der Waals surface area contributed by atoms with Gasteiger partial charge in [-0.3, -0.25) is 13.8 Å². The maximum Gasteiger partial charge on any atom is 0.472 e. The first-order chi connectivity index (χ1) is 27.1. The lowest BCUT2D eigenvalue weighted by Crippen LogP contribution is -2.37. The van der Waals surface area contributed by atoms with Crippen LogP contribution in [0.2, 0.25) is 0 Å². The van der Waals surface area contributed by atoms with E-state index in [2.05, 4.69) is 86.8 Å². The van der Waals surface area contributed by atoms with Gasteiger partial charge in [0.1, 0.15) is 19.3 Å². The van der Waals surface area contributed by atoms with E-state index in [4.69, 9.17) is 18.5 Å². The number of esters is 1. The molecule has 0 aromatic rings. The van der Waals surface area contributed by atoms with Crippen molar-refractivity contribution < 1.29 is 37.3 Å². The zero-order valence-corrected chi connectivity index (χ0v) is 37.5. The highest BCUT2D eigenvalue weighted by Crippen LogP contribution is 2.43. The first-order valence-electron chi connectivity index (χ1n) is 22.2. The van der Waals surface area contributed by atoms with Gasteiger partial charge in [0.25, 0.3) is 0 Å². The van der Waals surface area contributed by atoms with E-state index >= 15 is 0 Å². The Morgan fingerprint density at radius 1 is 0.571 bits per heavy atom. The first-order valence-corrected chi connectivity index (χ1v) is 23.7. The van der Waals surface area contributed by atoms with Crippen LogP contribution in [0.4, 0.5) is 0 Å². The lowest BCUT2D eigenvalue weighted by Gasteiger charge is -2.24. The van der Waals surface area contributed by atoms with Crippen molar-refractivity contribution in [2.45, 2.75) is 168 Å². The molecular weight excluding hydrogens is 721 g/mol. The number of carbonyl (C=O) groups is 1. The maximum absolute atomic E-state index is 12.7. The zero-order chi connectivity index (χ0) is 41.3. The minimum Gasteiger partial charge on any atom is -0.457 e. The Morgan fingerprint density at radius 2 is 1.04 bits per heavy atom. The predicted molar refractivity (Wildman–Crippen MR) is 238 cm³/mol. The first kappa shape index (κ1) is 53.9. The minimum absolute atomic E-state index is 0.0735. The van der Waals surface area contributed by atoms with Crippen molar-refractivity contribution in [1.82, 2.24) is 0 Å². The third-order valence-electron chi connectivity index (χ3n) is 9.00. The minimum atomic E-state index is -4.30. The van der Waals surface area contributed by atoms with Crippen molar-refractivity contribution in [3.8, 4) is 0 Å². The molecule has 324 valence electrons. The van der Waals surface area contributed by atoms with E-state index < -0.39 is 13.9 Å². The molecule has 0 aliphatic rings. The summed E-state index contributed by atoms with van der Waals surface area (Å²) in [4.78, 5) is 22.9. The summed E-state index contributed by atoms with van der Waals surface area (Å²) < 4.78 is 34.9. The zero-order valence-electron chi connectivity index (χ0n) is 36.6. The number of hydrogen-bond acceptors (Lipinski definition) is 6. The van der Waals surface area contributed by atoms with Crippen LogP contribution in [0.15, 0.2) is 72.9 Å². The van der Waals surface area contributed by atoms with Crippen LogP contribution in [0.5, 0.6) is 0 Å². The molecule has 0 rings (SSSR count). The van der Waals surface area contributed by atoms with Crippen molar-refractivity contribution in [2.75, 3.05) is 54.1 Å². The fourth-order valence-corrected chi connectivity index (χ4v) is 6.32. The molecule has 0 amide bonds. The van der Waals surface area contributed by atoms with E-state index in [1.807, 2.05) is 21.1 Å². The van der Waals surface area contributed by atoms with Crippen LogP contribution in [-0.4, -0.2) is 75.6 Å². The molecule has 0 saturated carbocycles. The summed E-state index contributed by atoms with van der Waals surface area (Å²) in [6, 6.07) is 0. The van der Waals surface area contributed by atoms with Gasteiger partial charge in [-0.25, -0.2) is 4.57 Å². The molecule has 0 aliphatic heterocycles. The van der Waals surface area contributed by atoms with Gasteiger partial charge >= 0.3 is 13.8 Å². The van der Waals surface area contributed by atoms with Gasteiger partial charge in [0.05, 0.1) is 34.4 Å². The molecule has 9 heteroatoms. The topological polar surface area (TPSA) is 91.3 Å². The Kier molecular flexibility index (Phi) is 38.3. The van der Waals surface area contributed by atoms with Crippen molar-refractivity contribution in [1.29, 1.82) is 0 Å². The third-order valence-corrected chi connectivity index (χ3v) is 9.99. The normalized spacial score (nSPS) is 14.5. The Balaban J connectivity index is 4.35. The number of nitrogens with zero attached hydrogens (tertiary/aromatic N) is 1. The van der Waals surface area contributed by atoms with E-state index in [1.54, 1.807) is 0 Å². The van der Waals surface area contributed by atoms with Crippen LogP contribution in [0.1, 0.15) is 162 Å². The number of ether oxygens (including phenoxy) is 2. The van der Waals surface area contributed by atoms with Crippen LogP contribution in [0.3, 0.4) is 0 Å². The van der Waals surface area contributed by atoms with Crippen molar-refractivity contribution in [3.63, 3.8) is 0 Å². The van der Waals surface area contributed by atoms with Crippen LogP contribution >= 0.6 is 7.82 Å². The molecule has 0 heterocycles. The smallest absolute Gasteiger partial charge is 0.457 e. The SMILES string of the molecule is CC/C=C\C/C=C\C/C=C\C/C=C\C/C=C\CCCC(=O)OC(COCCCCCCCC/C=C\CCCCCCCCC)COP(=O)(O)OCC[N+](C)(C)C. The summed E-state index contributed by atoms with van der Waals surface area (Å²) >= 11 is 0. The van der Waals surface area contributed by atoms with Crippen LogP contribution in [0.25, 0.3) is 0 Å². The number of likely N-dealkylation sites (N-methyl/N-ethyl adjacent to an activating group) is 1. The van der Waals surface area contributed by atoms with Gasteiger partial charge in [-0.15, -0.1) is 0 Å². The largest absolute Gasteiger partial charge is 0.472 e. The van der Waals surface area contributed by atoms with Crippen molar-refractivity contribution in [3.05, 3.63) is 72.9 Å². The molecule has 2 unspecified atom stereocenters. The number of rotatable bonds is 40. The second kappa shape index (κ2) is 39.8. The molecule has 0 aromatic heterocycles. The molecule has 0 saturated heterocycles. The predicted octanol–water partition coefficient (Wildman–Crippen LogP) is 13.1. The highest BCUT2D eigenvalue weighted by Gasteiger charge is 2.26. The summed E-state index contributed by atoms with van der Waals surface area (Å²) in [7, 11) is 1.62. The number of phosphoric acid groups is 1. The van der Waals surface area contributed by atoms with Gasteiger partial charge in [-0.1, -0.05) is 151 Å². The number of hydrogen-bond donors (Lipinski definition) is 1. The summed E-state index contributed by atoms with van der Waals surface area (Å²) in [5.41, 5.74) is 0. The molecule has 0 fully saturated rings. The molecule has 56 heavy (non-hydrogen) atoms. The molecule has 1 N–H and O–H groups in total. The number of allylic oxidation sites excluding steroid dienone is 12. The molecule has 2 atom stereocenters. The fourth-order valence-electron chi connectivity index (χ4n) is 5.58. The number of carbonyl (C=O) groups excluding carboxylic acids is 1. The number of quaternary nitrogens is 1. The third kappa shape index (κ3) is 43.1. The Bertz CT molecular complexity index is 1120. The van der Waals surface area contributed by atoms with Gasteiger partial charge < -0.3 is 18.9 Å². The van der Waals surface area contributed by atoms with Crippen molar-refractivity contribution in [2.24, 2.45) is 0 Å². The lowest BCUT2D eigenvalue weighted by molar-refractivity contribution is -0.870. The van der Waals surface area contributed by atoms with Gasteiger partial charge in [0.15, 0.2) is 0 Å². The average molecular weight is 807 g/mol. The highest BCUT2D eigenvalue weighted by atomic mass is 31.2. The fraction of sp³-hybridized carbons (Fsp3) is 0.723. The van der Waals surface area contributed by atoms with E-state index in [1.165, 1.54) is 83.5 Å². The summed E-state index contributed by atoms with van der Waals surface area (Å²) in [6.45, 7) is 5.40. The second-order valence-electron chi connectivity index (χ2n) is 15.7. The standard InChI is InChI=1S/C47H84NO7P/c1-6-8-10-12-14-16-18-20-22-24-26-28-30-32-34-36-38-40-47(49)55-46(45-54-56(50,51)53-43-41-48(3,4)5)44-52-42-39-37-35-33-31-29-27-25-23-21-19-17-15-13-11-9-7-2/h8,10,14,16,20,22-23,25-26,28,32,34,46H,6-7,9,11-13,15,17-19,21,24,27,29-31,33,35-45H2,1-5H3/p+1/b10-8-,16-14-,22-20-,25-23-,28-26-,34-32-. The molecule has 0 radical (unpaired) electrons. The van der Waals surface area contributed by atoms with Crippen LogP contribution in [0, 0.1) is 0 Å². The summed E-state index contributed by atoms with van der Waals surface area (Å²) in [6.07, 6.45) is 50.9. The molecule has 0 bridgehead atoms. The van der Waals surface area contributed by atoms with Gasteiger partial charge in [0.2, 0.25) is 0 Å². The molecule has 0 aromatic carbocycles. The number of phosphoric ester groups is 1. The molecule has 0 aliphatic carbocycles. The lowest BCUT2D eigenvalue weighted by atomic mass is 10.1. The molecular formula is C47H85NO7P+. The van der Waals surface area contributed by atoms with E-state index in [0.717, 1.165) is 51.4 Å². The average Bonchev–Trinajstić information content (AvgIpc) is 3.15. The van der Waals surface area contributed by atoms with E-state index in [9.17, 15) is 14.3 Å². The Hall–Kier alpha value is -2.06. The molecule has 8 nitrogen and oxygen atoms in total. The summed E-state index contributed by atoms with van der Waals surface area (Å²) in [5, 5.41) is 0. The van der Waals surface area contributed by atoms with Crippen molar-refractivity contribution >= 4 is 13.8 Å². The highest BCUT2D eigenvalue weighted by molar-refractivity contribution is 7.47. The van der Waals surface area contributed by atoms with E-state index in [-0.39, 0.29) is 32.2 Å². The van der Waals surface area contributed by atoms with Crippen LogP contribution < -0.4 is 0 Å². The van der Waals surface area contributed by atoms with Gasteiger partial charge in [-0.05, 0) is 77.0 Å². The number of unbranched alkanes of at least 4 members (excludes halogenated alkanes) is 14. The maximum atomic E-state index is 12.7. The van der Waals surface area contributed by atoms with Crippen LogP contribution in [-0.2, 0) is 27.9 Å². The Morgan fingerprint density at radius 3 is 1.57 bits per heavy atom. The summed E-state index contributed by atoms with van der Waals surface area (Å²) in [5.74, 6) is -0.374. The van der Waals surface area contributed by atoms with Gasteiger partial charge in [0, 0.05) is 13.0 Å². The Labute approximate surface area is 344 Å².